The van der Waals surface area contributed by atoms with Crippen molar-refractivity contribution < 1.29 is 4.79 Å². The van der Waals surface area contributed by atoms with Gasteiger partial charge in [-0.1, -0.05) is 54.6 Å². The Morgan fingerprint density at radius 1 is 1.00 bits per heavy atom. The van der Waals surface area contributed by atoms with E-state index in [2.05, 4.69) is 35.6 Å². The van der Waals surface area contributed by atoms with Gasteiger partial charge in [-0.2, -0.15) is 0 Å². The molecule has 2 unspecified atom stereocenters. The zero-order valence-electron chi connectivity index (χ0n) is 13.8. The summed E-state index contributed by atoms with van der Waals surface area (Å²) in [5.41, 5.74) is 9.02. The minimum atomic E-state index is 0. The van der Waals surface area contributed by atoms with Gasteiger partial charge in [-0.3, -0.25) is 4.79 Å². The average Bonchev–Trinajstić information content (AvgIpc) is 3.33. The fraction of sp³-hybridized carbons (Fsp3) is 0.190. The minimum absolute atomic E-state index is 0. The van der Waals surface area contributed by atoms with Crippen LogP contribution in [0.25, 0.3) is 10.8 Å². The van der Waals surface area contributed by atoms with Crippen molar-refractivity contribution in [2.75, 3.05) is 5.32 Å². The van der Waals surface area contributed by atoms with E-state index in [9.17, 15) is 4.79 Å². The van der Waals surface area contributed by atoms with Gasteiger partial charge in [0.05, 0.1) is 6.42 Å². The molecule has 4 rings (SSSR count). The number of fused-ring (bicyclic) bond motifs is 1. The Morgan fingerprint density at radius 3 is 2.40 bits per heavy atom. The van der Waals surface area contributed by atoms with E-state index in [1.807, 2.05) is 36.4 Å². The summed E-state index contributed by atoms with van der Waals surface area (Å²) in [5, 5.41) is 5.28. The number of nitrogens with one attached hydrogen (secondary N) is 1. The molecular formula is C21H21ClN2O. The maximum absolute atomic E-state index is 12.4. The normalized spacial score (nSPS) is 18.4. The molecule has 1 fully saturated rings. The molecule has 3 nitrogen and oxygen atoms in total. The monoisotopic (exact) mass is 352 g/mol. The summed E-state index contributed by atoms with van der Waals surface area (Å²) in [6.45, 7) is 0. The van der Waals surface area contributed by atoms with Crippen LogP contribution < -0.4 is 11.1 Å². The van der Waals surface area contributed by atoms with E-state index in [4.69, 9.17) is 5.73 Å². The van der Waals surface area contributed by atoms with Gasteiger partial charge in [-0.25, -0.2) is 0 Å². The van der Waals surface area contributed by atoms with Crippen LogP contribution in [0.15, 0.2) is 66.7 Å². The molecule has 2 atom stereocenters. The lowest BCUT2D eigenvalue weighted by atomic mass is 10.0. The van der Waals surface area contributed by atoms with Gasteiger partial charge in [0, 0.05) is 17.6 Å². The molecular weight excluding hydrogens is 332 g/mol. The molecule has 0 aromatic heterocycles. The number of rotatable bonds is 4. The van der Waals surface area contributed by atoms with Crippen molar-refractivity contribution in [2.24, 2.45) is 5.73 Å². The lowest BCUT2D eigenvalue weighted by Crippen LogP contribution is -2.14. The number of amides is 1. The van der Waals surface area contributed by atoms with Gasteiger partial charge in [-0.05, 0) is 40.5 Å². The van der Waals surface area contributed by atoms with E-state index >= 15 is 0 Å². The molecule has 0 saturated heterocycles. The van der Waals surface area contributed by atoms with Crippen molar-refractivity contribution in [1.82, 2.24) is 0 Å². The smallest absolute Gasteiger partial charge is 0.228 e. The van der Waals surface area contributed by atoms with Crippen molar-refractivity contribution in [1.29, 1.82) is 0 Å². The van der Waals surface area contributed by atoms with Crippen LogP contribution in [0.2, 0.25) is 0 Å². The lowest BCUT2D eigenvalue weighted by molar-refractivity contribution is -0.115. The van der Waals surface area contributed by atoms with Crippen molar-refractivity contribution in [2.45, 2.75) is 24.8 Å². The topological polar surface area (TPSA) is 55.1 Å². The second-order valence-electron chi connectivity index (χ2n) is 6.49. The van der Waals surface area contributed by atoms with Crippen molar-refractivity contribution in [3.8, 4) is 0 Å². The molecule has 0 aliphatic heterocycles. The zero-order valence-corrected chi connectivity index (χ0v) is 14.6. The summed E-state index contributed by atoms with van der Waals surface area (Å²) in [4.78, 5) is 12.4. The fourth-order valence-electron chi connectivity index (χ4n) is 3.24. The Morgan fingerprint density at radius 2 is 1.68 bits per heavy atom. The quantitative estimate of drug-likeness (QED) is 0.737. The molecule has 1 aliphatic carbocycles. The summed E-state index contributed by atoms with van der Waals surface area (Å²) in [6, 6.07) is 22.6. The largest absolute Gasteiger partial charge is 0.327 e. The van der Waals surface area contributed by atoms with E-state index in [0.29, 0.717) is 18.4 Å². The SMILES string of the molecule is Cl.NC1CC1c1ccc(NC(=O)Cc2cccc3ccccc23)cc1. The highest BCUT2D eigenvalue weighted by atomic mass is 35.5. The Bertz CT molecular complexity index is 887. The van der Waals surface area contributed by atoms with Gasteiger partial charge in [0.2, 0.25) is 5.91 Å². The highest BCUT2D eigenvalue weighted by Gasteiger charge is 2.34. The first-order valence-corrected chi connectivity index (χ1v) is 8.33. The van der Waals surface area contributed by atoms with E-state index < -0.39 is 0 Å². The molecule has 4 heteroatoms. The van der Waals surface area contributed by atoms with Gasteiger partial charge in [-0.15, -0.1) is 12.4 Å². The average molecular weight is 353 g/mol. The molecule has 1 saturated carbocycles. The third-order valence-corrected chi connectivity index (χ3v) is 4.69. The van der Waals surface area contributed by atoms with E-state index in [-0.39, 0.29) is 18.3 Å². The predicted molar refractivity (Wildman–Crippen MR) is 105 cm³/mol. The summed E-state index contributed by atoms with van der Waals surface area (Å²) >= 11 is 0. The maximum atomic E-state index is 12.4. The third-order valence-electron chi connectivity index (χ3n) is 4.69. The summed E-state index contributed by atoms with van der Waals surface area (Å²) in [5.74, 6) is 0.493. The maximum Gasteiger partial charge on any atom is 0.228 e. The van der Waals surface area contributed by atoms with Crippen LogP contribution in [0.3, 0.4) is 0 Å². The molecule has 25 heavy (non-hydrogen) atoms. The Balaban J connectivity index is 0.00000182. The number of benzene rings is 3. The Hall–Kier alpha value is -2.36. The zero-order chi connectivity index (χ0) is 16.5. The lowest BCUT2D eigenvalue weighted by Gasteiger charge is -2.09. The van der Waals surface area contributed by atoms with Crippen LogP contribution in [-0.4, -0.2) is 11.9 Å². The minimum Gasteiger partial charge on any atom is -0.327 e. The number of nitrogens with two attached hydrogens (primary N) is 1. The summed E-state index contributed by atoms with van der Waals surface area (Å²) in [7, 11) is 0. The van der Waals surface area contributed by atoms with Crippen LogP contribution in [0.4, 0.5) is 5.69 Å². The molecule has 0 bridgehead atoms. The van der Waals surface area contributed by atoms with Crippen LogP contribution in [-0.2, 0) is 11.2 Å². The number of hydrogen-bond donors (Lipinski definition) is 2. The van der Waals surface area contributed by atoms with E-state index in [1.54, 1.807) is 0 Å². The van der Waals surface area contributed by atoms with Gasteiger partial charge in [0.1, 0.15) is 0 Å². The molecule has 3 N–H and O–H groups in total. The van der Waals surface area contributed by atoms with Crippen molar-refractivity contribution >= 4 is 34.8 Å². The Labute approximate surface area is 153 Å². The van der Waals surface area contributed by atoms with Crippen molar-refractivity contribution in [3.63, 3.8) is 0 Å². The standard InChI is InChI=1S/C21H20N2O.ClH/c22-20-13-19(20)15-8-10-17(11-9-15)23-21(24)12-16-6-3-5-14-4-1-2-7-18(14)16;/h1-11,19-20H,12-13,22H2,(H,23,24);1H. The van der Waals surface area contributed by atoms with Gasteiger partial charge < -0.3 is 11.1 Å². The van der Waals surface area contributed by atoms with Crippen LogP contribution in [0.5, 0.6) is 0 Å². The number of anilines is 1. The number of hydrogen-bond acceptors (Lipinski definition) is 2. The first kappa shape index (κ1) is 17.5. The molecule has 0 spiro atoms. The number of carbonyl (C=O) groups is 1. The molecule has 0 heterocycles. The third kappa shape index (κ3) is 3.84. The number of halogens is 1. The molecule has 128 valence electrons. The molecule has 1 aliphatic rings. The second kappa shape index (κ2) is 7.26. The van der Waals surface area contributed by atoms with Crippen molar-refractivity contribution in [3.05, 3.63) is 77.9 Å². The molecule has 3 aromatic carbocycles. The highest BCUT2D eigenvalue weighted by Crippen LogP contribution is 2.39. The van der Waals surface area contributed by atoms with Gasteiger partial charge in [0.25, 0.3) is 0 Å². The van der Waals surface area contributed by atoms with Gasteiger partial charge >= 0.3 is 0 Å². The first-order chi connectivity index (χ1) is 11.7. The summed E-state index contributed by atoms with van der Waals surface area (Å²) in [6.07, 6.45) is 1.43. The second-order valence-corrected chi connectivity index (χ2v) is 6.49. The van der Waals surface area contributed by atoms with Crippen LogP contribution in [0, 0.1) is 0 Å². The molecule has 3 aromatic rings. The molecule has 1 amide bonds. The first-order valence-electron chi connectivity index (χ1n) is 8.33. The Kier molecular flexibility index (Phi) is 5.07. The molecule has 0 radical (unpaired) electrons. The highest BCUT2D eigenvalue weighted by molar-refractivity contribution is 5.96. The summed E-state index contributed by atoms with van der Waals surface area (Å²) < 4.78 is 0. The predicted octanol–water partition coefficient (Wildman–Crippen LogP) is 4.26. The van der Waals surface area contributed by atoms with Crippen LogP contribution in [0.1, 0.15) is 23.5 Å². The van der Waals surface area contributed by atoms with E-state index in [1.165, 1.54) is 5.56 Å². The van der Waals surface area contributed by atoms with Crippen LogP contribution >= 0.6 is 12.4 Å². The fourth-order valence-corrected chi connectivity index (χ4v) is 3.24. The van der Waals surface area contributed by atoms with E-state index in [0.717, 1.165) is 28.4 Å². The number of carbonyl (C=O) groups excluding carboxylic acids is 1. The van der Waals surface area contributed by atoms with Gasteiger partial charge in [0.15, 0.2) is 0 Å².